The smallest absolute Gasteiger partial charge is 0.357 e. The number of alkyl halides is 3. The average Bonchev–Trinajstić information content (AvgIpc) is 3.10. The third-order valence-electron chi connectivity index (χ3n) is 4.22. The maximum absolute atomic E-state index is 12.5. The number of anilines is 1. The van der Waals surface area contributed by atoms with Crippen LogP contribution in [0, 0.1) is 6.92 Å². The van der Waals surface area contributed by atoms with Crippen LogP contribution >= 0.6 is 0 Å². The summed E-state index contributed by atoms with van der Waals surface area (Å²) in [6.07, 6.45) is -1.24. The second kappa shape index (κ2) is 8.60. The van der Waals surface area contributed by atoms with Gasteiger partial charge in [-0.05, 0) is 38.3 Å². The van der Waals surface area contributed by atoms with Crippen molar-refractivity contribution < 1.29 is 27.5 Å². The molecule has 0 aromatic carbocycles. The summed E-state index contributed by atoms with van der Waals surface area (Å²) in [5.74, 6) is -1.66. The van der Waals surface area contributed by atoms with E-state index in [4.69, 9.17) is 4.74 Å². The number of rotatable bonds is 5. The first kappa shape index (κ1) is 20.8. The number of nitrogens with zero attached hydrogens (tertiary/aromatic N) is 3. The number of aromatic nitrogens is 3. The number of pyridine rings is 1. The summed E-state index contributed by atoms with van der Waals surface area (Å²) < 4.78 is 44.3. The summed E-state index contributed by atoms with van der Waals surface area (Å²) in [5.41, 5.74) is 0.372. The average molecular weight is 411 g/mol. The Labute approximate surface area is 164 Å². The molecule has 1 atom stereocenters. The van der Waals surface area contributed by atoms with Crippen molar-refractivity contribution in [2.75, 3.05) is 18.5 Å². The first-order valence-electron chi connectivity index (χ1n) is 9.03. The molecule has 0 bridgehead atoms. The number of hydrogen-bond acceptors (Lipinski definition) is 5. The number of hydrogen-bond donors (Lipinski definition) is 2. The highest BCUT2D eigenvalue weighted by molar-refractivity contribution is 6.07. The van der Waals surface area contributed by atoms with Crippen molar-refractivity contribution in [2.24, 2.45) is 0 Å². The molecular formula is C18H20F3N5O3. The maximum Gasteiger partial charge on any atom is 0.405 e. The van der Waals surface area contributed by atoms with Crippen LogP contribution in [0.1, 0.15) is 52.2 Å². The van der Waals surface area contributed by atoms with Crippen molar-refractivity contribution in [2.45, 2.75) is 38.6 Å². The van der Waals surface area contributed by atoms with Gasteiger partial charge in [0.25, 0.3) is 11.8 Å². The lowest BCUT2D eigenvalue weighted by atomic mass is 10.2. The summed E-state index contributed by atoms with van der Waals surface area (Å²) in [7, 11) is 0. The van der Waals surface area contributed by atoms with Gasteiger partial charge in [0.2, 0.25) is 0 Å². The highest BCUT2D eigenvalue weighted by atomic mass is 19.4. The molecule has 2 aromatic heterocycles. The largest absolute Gasteiger partial charge is 0.405 e. The molecule has 3 rings (SSSR count). The Kier molecular flexibility index (Phi) is 6.16. The fourth-order valence-electron chi connectivity index (χ4n) is 2.85. The van der Waals surface area contributed by atoms with E-state index in [0.29, 0.717) is 18.7 Å². The van der Waals surface area contributed by atoms with Crippen molar-refractivity contribution in [1.29, 1.82) is 0 Å². The zero-order chi connectivity index (χ0) is 21.0. The summed E-state index contributed by atoms with van der Waals surface area (Å²) in [6, 6.07) is 4.85. The summed E-state index contributed by atoms with van der Waals surface area (Å²) >= 11 is 0. The zero-order valence-electron chi connectivity index (χ0n) is 15.6. The van der Waals surface area contributed by atoms with Crippen molar-refractivity contribution >= 4 is 17.5 Å². The lowest BCUT2D eigenvalue weighted by Crippen LogP contribution is -2.34. The van der Waals surface area contributed by atoms with E-state index in [1.165, 1.54) is 16.9 Å². The molecule has 2 N–H and O–H groups in total. The van der Waals surface area contributed by atoms with Crippen LogP contribution < -0.4 is 10.6 Å². The van der Waals surface area contributed by atoms with Gasteiger partial charge in [0.15, 0.2) is 5.69 Å². The molecule has 0 saturated carbocycles. The number of aryl methyl sites for hydroxylation is 1. The number of amides is 2. The molecule has 1 unspecified atom stereocenters. The molecule has 8 nitrogen and oxygen atoms in total. The van der Waals surface area contributed by atoms with E-state index in [0.717, 1.165) is 12.8 Å². The summed E-state index contributed by atoms with van der Waals surface area (Å²) in [4.78, 5) is 28.9. The van der Waals surface area contributed by atoms with Gasteiger partial charge in [-0.15, -0.1) is 0 Å². The molecule has 0 radical (unpaired) electrons. The van der Waals surface area contributed by atoms with Crippen LogP contribution in [0.3, 0.4) is 0 Å². The zero-order valence-corrected chi connectivity index (χ0v) is 15.6. The van der Waals surface area contributed by atoms with Crippen LogP contribution in [-0.4, -0.2) is 45.9 Å². The van der Waals surface area contributed by atoms with Crippen LogP contribution in [-0.2, 0) is 4.74 Å². The Hall–Kier alpha value is -2.95. The van der Waals surface area contributed by atoms with Gasteiger partial charge in [-0.25, -0.2) is 9.67 Å². The van der Waals surface area contributed by atoms with E-state index in [1.54, 1.807) is 24.4 Å². The Balaban J connectivity index is 1.85. The molecule has 29 heavy (non-hydrogen) atoms. The van der Waals surface area contributed by atoms with E-state index in [2.05, 4.69) is 15.4 Å². The SMILES string of the molecule is Cc1cccc(C(=O)Nc2cn(C3CCCCO3)nc2C(=O)NCC(F)(F)F)n1. The first-order chi connectivity index (χ1) is 13.7. The molecule has 3 heterocycles. The minimum absolute atomic E-state index is 0.0212. The highest BCUT2D eigenvalue weighted by Crippen LogP contribution is 2.25. The Morgan fingerprint density at radius 3 is 2.72 bits per heavy atom. The van der Waals surface area contributed by atoms with Crippen molar-refractivity contribution in [3.8, 4) is 0 Å². The third-order valence-corrected chi connectivity index (χ3v) is 4.22. The van der Waals surface area contributed by atoms with Gasteiger partial charge < -0.3 is 15.4 Å². The summed E-state index contributed by atoms with van der Waals surface area (Å²) in [6.45, 7) is 0.714. The van der Waals surface area contributed by atoms with Gasteiger partial charge in [-0.3, -0.25) is 9.59 Å². The molecule has 0 aliphatic carbocycles. The minimum Gasteiger partial charge on any atom is -0.357 e. The fourth-order valence-corrected chi connectivity index (χ4v) is 2.85. The van der Waals surface area contributed by atoms with E-state index in [1.807, 2.05) is 0 Å². The highest BCUT2D eigenvalue weighted by Gasteiger charge is 2.30. The van der Waals surface area contributed by atoms with Gasteiger partial charge in [0.1, 0.15) is 18.5 Å². The number of ether oxygens (including phenoxy) is 1. The van der Waals surface area contributed by atoms with Gasteiger partial charge >= 0.3 is 6.18 Å². The normalized spacial score (nSPS) is 17.0. The van der Waals surface area contributed by atoms with Gasteiger partial charge in [0, 0.05) is 12.3 Å². The maximum atomic E-state index is 12.5. The predicted molar refractivity (Wildman–Crippen MR) is 96.4 cm³/mol. The molecule has 0 spiro atoms. The third kappa shape index (κ3) is 5.53. The molecule has 2 amide bonds. The van der Waals surface area contributed by atoms with E-state index < -0.39 is 30.8 Å². The Morgan fingerprint density at radius 1 is 1.28 bits per heavy atom. The van der Waals surface area contributed by atoms with Gasteiger partial charge in [-0.2, -0.15) is 18.3 Å². The second-order valence-electron chi connectivity index (χ2n) is 6.61. The quantitative estimate of drug-likeness (QED) is 0.789. The van der Waals surface area contributed by atoms with Crippen molar-refractivity contribution in [3.63, 3.8) is 0 Å². The van der Waals surface area contributed by atoms with E-state index in [9.17, 15) is 22.8 Å². The van der Waals surface area contributed by atoms with Crippen LogP contribution in [0.4, 0.5) is 18.9 Å². The number of halogens is 3. The molecule has 156 valence electrons. The molecule has 1 aliphatic heterocycles. The van der Waals surface area contributed by atoms with E-state index in [-0.39, 0.29) is 17.1 Å². The Morgan fingerprint density at radius 2 is 2.07 bits per heavy atom. The van der Waals surface area contributed by atoms with Gasteiger partial charge in [0.05, 0.1) is 11.9 Å². The number of carbonyl (C=O) groups is 2. The monoisotopic (exact) mass is 411 g/mol. The predicted octanol–water partition coefficient (Wildman–Crippen LogP) is 2.83. The molecular weight excluding hydrogens is 391 g/mol. The lowest BCUT2D eigenvalue weighted by molar-refractivity contribution is -0.123. The molecule has 1 saturated heterocycles. The van der Waals surface area contributed by atoms with Crippen LogP contribution in [0.2, 0.25) is 0 Å². The lowest BCUT2D eigenvalue weighted by Gasteiger charge is -2.22. The topological polar surface area (TPSA) is 98.1 Å². The fraction of sp³-hybridized carbons (Fsp3) is 0.444. The summed E-state index contributed by atoms with van der Waals surface area (Å²) in [5, 5.41) is 8.36. The number of carbonyl (C=O) groups excluding carboxylic acids is 2. The van der Waals surface area contributed by atoms with Crippen molar-refractivity contribution in [3.05, 3.63) is 41.5 Å². The van der Waals surface area contributed by atoms with Crippen LogP contribution in [0.25, 0.3) is 0 Å². The van der Waals surface area contributed by atoms with Crippen molar-refractivity contribution in [1.82, 2.24) is 20.1 Å². The standard InChI is InChI=1S/C18H20F3N5O3/c1-11-5-4-6-12(23-11)16(27)24-13-9-26(14-7-2-3-8-29-14)25-15(13)17(28)22-10-18(19,20)21/h4-6,9,14H,2-3,7-8,10H2,1H3,(H,22,28)(H,24,27). The molecule has 2 aromatic rings. The molecule has 11 heteroatoms. The number of nitrogens with one attached hydrogen (secondary N) is 2. The second-order valence-corrected chi connectivity index (χ2v) is 6.61. The minimum atomic E-state index is -4.57. The van der Waals surface area contributed by atoms with Gasteiger partial charge in [-0.1, -0.05) is 6.07 Å². The van der Waals surface area contributed by atoms with Crippen LogP contribution in [0.15, 0.2) is 24.4 Å². The molecule has 1 aliphatic rings. The first-order valence-corrected chi connectivity index (χ1v) is 9.03. The van der Waals surface area contributed by atoms with E-state index >= 15 is 0 Å². The Bertz CT molecular complexity index is 891. The van der Waals surface area contributed by atoms with Crippen LogP contribution in [0.5, 0.6) is 0 Å². The molecule has 1 fully saturated rings.